The van der Waals surface area contributed by atoms with E-state index in [1.165, 1.54) is 0 Å². The quantitative estimate of drug-likeness (QED) is 0.332. The molecule has 0 saturated heterocycles. The number of halogens is 1. The fourth-order valence-electron chi connectivity index (χ4n) is 3.50. The number of rotatable bonds is 11. The van der Waals surface area contributed by atoms with Gasteiger partial charge in [0, 0.05) is 12.0 Å². The van der Waals surface area contributed by atoms with Crippen molar-refractivity contribution in [3.63, 3.8) is 0 Å². The summed E-state index contributed by atoms with van der Waals surface area (Å²) in [5.74, 6) is -0.813. The van der Waals surface area contributed by atoms with Crippen molar-refractivity contribution >= 4 is 40.5 Å². The van der Waals surface area contributed by atoms with Gasteiger partial charge in [-0.1, -0.05) is 49.7 Å². The van der Waals surface area contributed by atoms with E-state index >= 15 is 0 Å². The largest absolute Gasteiger partial charge is 0.493 e. The second kappa shape index (κ2) is 12.2. The molecule has 2 atom stereocenters. The zero-order valence-corrected chi connectivity index (χ0v) is 20.6. The molecule has 174 valence electrons. The number of unbranched alkanes of at least 4 members (excludes halogenated alkanes) is 1. The van der Waals surface area contributed by atoms with Gasteiger partial charge in [0.15, 0.2) is 0 Å². The molecule has 0 aliphatic rings. The molecule has 0 aliphatic carbocycles. The van der Waals surface area contributed by atoms with E-state index in [0.717, 1.165) is 41.7 Å². The predicted molar refractivity (Wildman–Crippen MR) is 134 cm³/mol. The van der Waals surface area contributed by atoms with Crippen LogP contribution in [0.1, 0.15) is 67.7 Å². The zero-order chi connectivity index (χ0) is 23.8. The first-order chi connectivity index (χ1) is 15.1. The summed E-state index contributed by atoms with van der Waals surface area (Å²) in [4.78, 5) is 11.8. The lowest BCUT2D eigenvalue weighted by Crippen LogP contribution is -2.16. The molecule has 2 rings (SSSR count). The van der Waals surface area contributed by atoms with Gasteiger partial charge in [-0.3, -0.25) is 4.79 Å². The third kappa shape index (κ3) is 7.19. The summed E-state index contributed by atoms with van der Waals surface area (Å²) >= 11 is 12.0. The summed E-state index contributed by atoms with van der Waals surface area (Å²) < 4.78 is 5.85. The summed E-state index contributed by atoms with van der Waals surface area (Å²) in [6, 6.07) is 8.96. The van der Waals surface area contributed by atoms with Crippen molar-refractivity contribution in [3.05, 3.63) is 57.6 Å². The first-order valence-corrected chi connectivity index (χ1v) is 11.7. The Morgan fingerprint density at radius 2 is 1.84 bits per heavy atom. The number of hydrogen-bond acceptors (Lipinski definition) is 4. The van der Waals surface area contributed by atoms with Crippen molar-refractivity contribution in [2.24, 2.45) is 0 Å². The number of carboxylic acid groups (broad SMARTS) is 1. The molecule has 2 unspecified atom stereocenters. The van der Waals surface area contributed by atoms with Gasteiger partial charge < -0.3 is 20.3 Å². The Hall–Kier alpha value is -2.15. The summed E-state index contributed by atoms with van der Waals surface area (Å²) in [6.45, 7) is 8.11. The number of aliphatic carboxylic acids is 1. The number of carboxylic acids is 1. The summed E-state index contributed by atoms with van der Waals surface area (Å²) in [5, 5.41) is 22.9. The zero-order valence-electron chi connectivity index (χ0n) is 19.1. The molecule has 0 spiro atoms. The van der Waals surface area contributed by atoms with Crippen LogP contribution in [0.5, 0.6) is 5.75 Å². The van der Waals surface area contributed by atoms with Crippen molar-refractivity contribution in [3.8, 4) is 5.75 Å². The van der Waals surface area contributed by atoms with Gasteiger partial charge in [-0.25, -0.2) is 0 Å². The van der Waals surface area contributed by atoms with E-state index in [9.17, 15) is 15.0 Å². The molecular formula is C25H32ClNO4S. The minimum atomic E-state index is -0.902. The van der Waals surface area contributed by atoms with Gasteiger partial charge >= 0.3 is 5.97 Å². The number of aryl methyl sites for hydroxylation is 2. The second-order valence-corrected chi connectivity index (χ2v) is 8.93. The Bertz CT molecular complexity index is 940. The van der Waals surface area contributed by atoms with E-state index in [0.29, 0.717) is 34.3 Å². The van der Waals surface area contributed by atoms with Gasteiger partial charge in [-0.15, -0.1) is 0 Å². The van der Waals surface area contributed by atoms with E-state index in [2.05, 4.69) is 12.2 Å². The van der Waals surface area contributed by atoms with E-state index in [4.69, 9.17) is 28.6 Å². The maximum Gasteiger partial charge on any atom is 0.310 e. The highest BCUT2D eigenvalue weighted by Crippen LogP contribution is 2.29. The molecule has 0 radical (unpaired) electrons. The van der Waals surface area contributed by atoms with Crippen LogP contribution in [0, 0.1) is 13.8 Å². The van der Waals surface area contributed by atoms with Crippen LogP contribution in [0.25, 0.3) is 0 Å². The predicted octanol–water partition coefficient (Wildman–Crippen LogP) is 6.25. The molecule has 3 N–H and O–H groups in total. The van der Waals surface area contributed by atoms with Crippen molar-refractivity contribution in [1.82, 2.24) is 0 Å². The number of ether oxygens (including phenoxy) is 1. The maximum absolute atomic E-state index is 11.3. The van der Waals surface area contributed by atoms with Gasteiger partial charge in [-0.05, 0) is 68.1 Å². The van der Waals surface area contributed by atoms with Crippen LogP contribution in [0.4, 0.5) is 5.69 Å². The average Bonchev–Trinajstić information content (AvgIpc) is 2.72. The highest BCUT2D eigenvalue weighted by Gasteiger charge is 2.17. The SMILES string of the molecule is CCCCC(O)CCOc1cc(C)c(C(=S)Nc2cc(C(C)C(=O)O)ccc2Cl)c(C)c1. The lowest BCUT2D eigenvalue weighted by Gasteiger charge is -2.18. The molecule has 0 aromatic heterocycles. The number of aliphatic hydroxyl groups excluding tert-OH is 1. The molecule has 0 saturated carbocycles. The van der Waals surface area contributed by atoms with E-state index in [1.807, 2.05) is 26.0 Å². The van der Waals surface area contributed by atoms with Crippen LogP contribution in [0.3, 0.4) is 0 Å². The lowest BCUT2D eigenvalue weighted by molar-refractivity contribution is -0.138. The summed E-state index contributed by atoms with van der Waals surface area (Å²) in [6.07, 6.45) is 3.15. The standard InChI is InChI=1S/C25H32ClNO4S/c1-5-6-7-19(28)10-11-31-20-12-15(2)23(16(3)13-20)24(32)27-22-14-18(8-9-21(22)26)17(4)25(29)30/h8-9,12-14,17,19,28H,5-7,10-11H2,1-4H3,(H,27,32)(H,29,30). The van der Waals surface area contributed by atoms with Gasteiger partial charge in [-0.2, -0.15) is 0 Å². The number of hydrogen-bond donors (Lipinski definition) is 3. The molecular weight excluding hydrogens is 446 g/mol. The molecule has 7 heteroatoms. The molecule has 2 aromatic carbocycles. The van der Waals surface area contributed by atoms with E-state index in [1.54, 1.807) is 25.1 Å². The van der Waals surface area contributed by atoms with Gasteiger partial charge in [0.2, 0.25) is 0 Å². The maximum atomic E-state index is 11.3. The third-order valence-electron chi connectivity index (χ3n) is 5.45. The van der Waals surface area contributed by atoms with Crippen molar-refractivity contribution in [2.75, 3.05) is 11.9 Å². The van der Waals surface area contributed by atoms with Gasteiger partial charge in [0.1, 0.15) is 10.7 Å². The molecule has 0 aliphatic heterocycles. The average molecular weight is 478 g/mol. The fourth-order valence-corrected chi connectivity index (χ4v) is 4.09. The van der Waals surface area contributed by atoms with Crippen LogP contribution in [-0.2, 0) is 4.79 Å². The number of benzene rings is 2. The first kappa shape index (κ1) is 26.1. The molecule has 0 fully saturated rings. The second-order valence-electron chi connectivity index (χ2n) is 8.12. The topological polar surface area (TPSA) is 78.8 Å². The highest BCUT2D eigenvalue weighted by atomic mass is 35.5. The summed E-state index contributed by atoms with van der Waals surface area (Å²) in [7, 11) is 0. The van der Waals surface area contributed by atoms with Gasteiger partial charge in [0.05, 0.1) is 29.3 Å². The van der Waals surface area contributed by atoms with Crippen LogP contribution in [0.2, 0.25) is 5.02 Å². The van der Waals surface area contributed by atoms with Crippen LogP contribution < -0.4 is 10.1 Å². The Morgan fingerprint density at radius 3 is 2.44 bits per heavy atom. The minimum Gasteiger partial charge on any atom is -0.493 e. The van der Waals surface area contributed by atoms with Crippen LogP contribution >= 0.6 is 23.8 Å². The molecule has 2 aromatic rings. The number of thiocarbonyl (C=S) groups is 1. The smallest absolute Gasteiger partial charge is 0.310 e. The Balaban J connectivity index is 2.11. The molecule has 0 bridgehead atoms. The normalized spacial score (nSPS) is 12.8. The lowest BCUT2D eigenvalue weighted by atomic mass is 10.00. The first-order valence-electron chi connectivity index (χ1n) is 10.9. The number of anilines is 1. The molecule has 32 heavy (non-hydrogen) atoms. The van der Waals surface area contributed by atoms with Crippen molar-refractivity contribution in [2.45, 2.75) is 65.4 Å². The number of aliphatic hydroxyl groups is 1. The molecule has 0 heterocycles. The minimum absolute atomic E-state index is 0.336. The van der Waals surface area contributed by atoms with Crippen molar-refractivity contribution < 1.29 is 19.7 Å². The van der Waals surface area contributed by atoms with E-state index in [-0.39, 0.29) is 6.10 Å². The monoisotopic (exact) mass is 477 g/mol. The highest BCUT2D eigenvalue weighted by molar-refractivity contribution is 7.81. The Labute approximate surface area is 200 Å². The molecule has 5 nitrogen and oxygen atoms in total. The number of carbonyl (C=O) groups is 1. The van der Waals surface area contributed by atoms with Crippen LogP contribution in [-0.4, -0.2) is 33.9 Å². The fraction of sp³-hybridized carbons (Fsp3) is 0.440. The number of nitrogens with one attached hydrogen (secondary N) is 1. The van der Waals surface area contributed by atoms with E-state index < -0.39 is 11.9 Å². The third-order valence-corrected chi connectivity index (χ3v) is 6.09. The Morgan fingerprint density at radius 1 is 1.19 bits per heavy atom. The Kier molecular flexibility index (Phi) is 9.94. The van der Waals surface area contributed by atoms with Crippen LogP contribution in [0.15, 0.2) is 30.3 Å². The van der Waals surface area contributed by atoms with Crippen molar-refractivity contribution in [1.29, 1.82) is 0 Å². The summed E-state index contributed by atoms with van der Waals surface area (Å²) in [5.41, 5.74) is 4.00. The molecule has 0 amide bonds. The van der Waals surface area contributed by atoms with Gasteiger partial charge in [0.25, 0.3) is 0 Å².